The fraction of sp³-hybridized carbons (Fsp3) is 0.273. The van der Waals surface area contributed by atoms with E-state index in [0.717, 1.165) is 39.5 Å². The Hall–Kier alpha value is -2.77. The molecule has 29 heavy (non-hydrogen) atoms. The molecule has 0 aliphatic carbocycles. The number of aromatic nitrogens is 4. The van der Waals surface area contributed by atoms with E-state index in [1.165, 1.54) is 12.1 Å². The number of hydrogen-bond donors (Lipinski definition) is 1. The molecule has 150 valence electrons. The number of nitrogens with zero attached hydrogens (tertiary/aromatic N) is 3. The third-order valence-electron chi connectivity index (χ3n) is 4.90. The molecule has 0 aliphatic rings. The first kappa shape index (κ1) is 19.5. The van der Waals surface area contributed by atoms with Gasteiger partial charge in [0.15, 0.2) is 0 Å². The van der Waals surface area contributed by atoms with E-state index < -0.39 is 8.07 Å². The van der Waals surface area contributed by atoms with E-state index in [-0.39, 0.29) is 5.82 Å². The van der Waals surface area contributed by atoms with Crippen molar-refractivity contribution in [3.05, 3.63) is 60.8 Å². The van der Waals surface area contributed by atoms with Gasteiger partial charge in [0.2, 0.25) is 0 Å². The summed E-state index contributed by atoms with van der Waals surface area (Å²) in [5.74, 6) is -0.258. The van der Waals surface area contributed by atoms with Gasteiger partial charge in [-0.25, -0.2) is 14.1 Å². The summed E-state index contributed by atoms with van der Waals surface area (Å²) in [5.41, 5.74) is 5.69. The quantitative estimate of drug-likeness (QED) is 0.322. The smallest absolute Gasteiger partial charge is 0.140 e. The number of ether oxygens (including phenoxy) is 1. The van der Waals surface area contributed by atoms with Crippen LogP contribution in [0.2, 0.25) is 25.7 Å². The maximum Gasteiger partial charge on any atom is 0.140 e. The van der Waals surface area contributed by atoms with E-state index in [9.17, 15) is 4.39 Å². The third-order valence-corrected chi connectivity index (χ3v) is 6.60. The van der Waals surface area contributed by atoms with Crippen molar-refractivity contribution in [3.63, 3.8) is 0 Å². The predicted molar refractivity (Wildman–Crippen MR) is 117 cm³/mol. The molecular formula is C22H25FN4OSi. The van der Waals surface area contributed by atoms with Crippen LogP contribution in [0.5, 0.6) is 0 Å². The van der Waals surface area contributed by atoms with Crippen LogP contribution in [0, 0.1) is 5.82 Å². The van der Waals surface area contributed by atoms with Crippen LogP contribution < -0.4 is 0 Å². The minimum atomic E-state index is -1.15. The molecule has 2 aromatic heterocycles. The van der Waals surface area contributed by atoms with Crippen molar-refractivity contribution >= 4 is 19.1 Å². The number of H-pyrrole nitrogens is 1. The molecule has 2 aromatic carbocycles. The van der Waals surface area contributed by atoms with Crippen molar-refractivity contribution in [2.24, 2.45) is 0 Å². The minimum Gasteiger partial charge on any atom is -0.360 e. The average molecular weight is 409 g/mol. The van der Waals surface area contributed by atoms with Crippen molar-refractivity contribution in [1.82, 2.24) is 19.7 Å². The normalized spacial score (nSPS) is 12.0. The van der Waals surface area contributed by atoms with E-state index in [1.807, 2.05) is 23.0 Å². The molecular weight excluding hydrogens is 383 g/mol. The van der Waals surface area contributed by atoms with E-state index in [2.05, 4.69) is 40.8 Å². The van der Waals surface area contributed by atoms with Gasteiger partial charge in [-0.15, -0.1) is 0 Å². The molecule has 0 atom stereocenters. The molecule has 0 aliphatic heterocycles. The van der Waals surface area contributed by atoms with Crippen molar-refractivity contribution < 1.29 is 9.13 Å². The highest BCUT2D eigenvalue weighted by atomic mass is 28.3. The highest BCUT2D eigenvalue weighted by Gasteiger charge is 2.17. The molecule has 1 N–H and O–H groups in total. The largest absolute Gasteiger partial charge is 0.360 e. The van der Waals surface area contributed by atoms with Crippen molar-refractivity contribution in [3.8, 4) is 22.4 Å². The first-order chi connectivity index (χ1) is 13.9. The van der Waals surface area contributed by atoms with E-state index in [4.69, 9.17) is 4.74 Å². The second-order valence-corrected chi connectivity index (χ2v) is 14.0. The van der Waals surface area contributed by atoms with E-state index in [0.29, 0.717) is 13.3 Å². The number of hydrogen-bond acceptors (Lipinski definition) is 3. The molecule has 0 amide bonds. The molecule has 5 nitrogen and oxygen atoms in total. The van der Waals surface area contributed by atoms with Crippen molar-refractivity contribution in [2.75, 3.05) is 6.61 Å². The monoisotopic (exact) mass is 408 g/mol. The summed E-state index contributed by atoms with van der Waals surface area (Å²) < 4.78 is 21.3. The number of aromatic amines is 1. The Morgan fingerprint density at radius 1 is 1.07 bits per heavy atom. The van der Waals surface area contributed by atoms with Crippen LogP contribution in [0.25, 0.3) is 33.4 Å². The number of rotatable bonds is 7. The molecule has 0 saturated carbocycles. The maximum atomic E-state index is 13.5. The molecule has 7 heteroatoms. The Kier molecular flexibility index (Phi) is 5.34. The van der Waals surface area contributed by atoms with Crippen molar-refractivity contribution in [2.45, 2.75) is 32.4 Å². The van der Waals surface area contributed by atoms with E-state index >= 15 is 0 Å². The first-order valence-electron chi connectivity index (χ1n) is 9.74. The lowest BCUT2D eigenvalue weighted by atomic mass is 10.0. The summed E-state index contributed by atoms with van der Waals surface area (Å²) in [7, 11) is -1.15. The Balaban J connectivity index is 1.69. The van der Waals surface area contributed by atoms with Gasteiger partial charge in [-0.1, -0.05) is 25.7 Å². The number of halogens is 1. The van der Waals surface area contributed by atoms with Crippen LogP contribution in [0.3, 0.4) is 0 Å². The number of fused-ring (bicyclic) bond motifs is 1. The van der Waals surface area contributed by atoms with Gasteiger partial charge in [0.1, 0.15) is 12.5 Å². The van der Waals surface area contributed by atoms with Crippen LogP contribution in [-0.2, 0) is 11.5 Å². The third kappa shape index (κ3) is 4.46. The zero-order chi connectivity index (χ0) is 20.4. The highest BCUT2D eigenvalue weighted by Crippen LogP contribution is 2.33. The first-order valence-corrected chi connectivity index (χ1v) is 13.4. The lowest BCUT2D eigenvalue weighted by molar-refractivity contribution is 0.0798. The summed E-state index contributed by atoms with van der Waals surface area (Å²) in [5, 5.41) is 4.58. The molecule has 0 saturated heterocycles. The summed E-state index contributed by atoms with van der Waals surface area (Å²) >= 11 is 0. The van der Waals surface area contributed by atoms with Gasteiger partial charge >= 0.3 is 0 Å². The van der Waals surface area contributed by atoms with Gasteiger partial charge in [-0.05, 0) is 48.0 Å². The summed E-state index contributed by atoms with van der Waals surface area (Å²) in [6.07, 6.45) is 3.53. The Morgan fingerprint density at radius 2 is 1.83 bits per heavy atom. The summed E-state index contributed by atoms with van der Waals surface area (Å²) in [6.45, 7) is 8.07. The van der Waals surface area contributed by atoms with Gasteiger partial charge in [0.25, 0.3) is 0 Å². The Morgan fingerprint density at radius 3 is 2.59 bits per heavy atom. The second-order valence-electron chi connectivity index (χ2n) is 8.40. The zero-order valence-electron chi connectivity index (χ0n) is 16.9. The number of imidazole rings is 1. The van der Waals surface area contributed by atoms with Gasteiger partial charge in [-0.3, -0.25) is 0 Å². The minimum absolute atomic E-state index is 0.258. The highest BCUT2D eigenvalue weighted by molar-refractivity contribution is 6.76. The zero-order valence-corrected chi connectivity index (χ0v) is 17.9. The summed E-state index contributed by atoms with van der Waals surface area (Å²) in [6, 6.07) is 13.7. The molecule has 0 unspecified atom stereocenters. The van der Waals surface area contributed by atoms with Gasteiger partial charge in [0.05, 0.1) is 29.3 Å². The molecule has 4 aromatic rings. The van der Waals surface area contributed by atoms with Crippen molar-refractivity contribution in [1.29, 1.82) is 0 Å². The average Bonchev–Trinajstić information content (AvgIpc) is 3.31. The number of benzene rings is 2. The van der Waals surface area contributed by atoms with Crippen LogP contribution >= 0.6 is 0 Å². The predicted octanol–water partition coefficient (Wildman–Crippen LogP) is 5.54. The Labute approximate surface area is 170 Å². The fourth-order valence-electron chi connectivity index (χ4n) is 3.24. The molecule has 0 radical (unpaired) electrons. The molecule has 0 spiro atoms. The van der Waals surface area contributed by atoms with Crippen LogP contribution in [-0.4, -0.2) is 34.4 Å². The molecule has 2 heterocycles. The second kappa shape index (κ2) is 7.92. The lowest BCUT2D eigenvalue weighted by Crippen LogP contribution is -2.22. The van der Waals surface area contributed by atoms with Crippen LogP contribution in [0.4, 0.5) is 4.39 Å². The Bertz CT molecular complexity index is 1110. The maximum absolute atomic E-state index is 13.5. The van der Waals surface area contributed by atoms with Gasteiger partial charge in [-0.2, -0.15) is 5.10 Å². The van der Waals surface area contributed by atoms with Crippen LogP contribution in [0.15, 0.2) is 55.0 Å². The molecule has 0 bridgehead atoms. The van der Waals surface area contributed by atoms with Gasteiger partial charge in [0, 0.05) is 25.8 Å². The van der Waals surface area contributed by atoms with Crippen LogP contribution in [0.1, 0.15) is 0 Å². The number of nitrogens with one attached hydrogen (secondary N) is 1. The lowest BCUT2D eigenvalue weighted by Gasteiger charge is -2.16. The standard InChI is InChI=1S/C22H25FN4OSi/c1-29(2,3)11-10-28-15-27-22(16-4-7-18(23)8-5-16)19(13-26-27)17-6-9-20-21(12-17)25-14-24-20/h4-9,12-14H,10-11,15H2,1-3H3,(H,24,25). The summed E-state index contributed by atoms with van der Waals surface area (Å²) in [4.78, 5) is 7.43. The van der Waals surface area contributed by atoms with E-state index in [1.54, 1.807) is 18.5 Å². The molecule has 0 fully saturated rings. The fourth-order valence-corrected chi connectivity index (χ4v) is 4.00. The topological polar surface area (TPSA) is 55.7 Å². The SMILES string of the molecule is C[Si](C)(C)CCOCn1ncc(-c2ccc3nc[nH]c3c2)c1-c1ccc(F)cc1. The molecule has 4 rings (SSSR count). The van der Waals surface area contributed by atoms with Gasteiger partial charge < -0.3 is 9.72 Å².